The Labute approximate surface area is 165 Å². The number of para-hydroxylation sites is 3. The molecule has 0 bridgehead atoms. The van der Waals surface area contributed by atoms with Gasteiger partial charge in [-0.2, -0.15) is 5.10 Å². The monoisotopic (exact) mass is 384 g/mol. The molecule has 142 valence electrons. The van der Waals surface area contributed by atoms with Crippen molar-refractivity contribution in [3.05, 3.63) is 99.7 Å². The molecule has 0 unspecified atom stereocenters. The SMILES string of the molecule is O=C(Nc1ccccc1C=Cc1n[nH]c2ccccc12)c1ccccc1[N+](=O)[O-]. The van der Waals surface area contributed by atoms with Crippen LogP contribution in [0.1, 0.15) is 21.6 Å². The number of rotatable bonds is 5. The molecular weight excluding hydrogens is 368 g/mol. The van der Waals surface area contributed by atoms with E-state index in [0.717, 1.165) is 22.2 Å². The topological polar surface area (TPSA) is 101 Å². The number of aromatic nitrogens is 2. The summed E-state index contributed by atoms with van der Waals surface area (Å²) in [5.41, 5.74) is 2.79. The molecule has 0 aliphatic carbocycles. The van der Waals surface area contributed by atoms with E-state index in [1.165, 1.54) is 18.2 Å². The zero-order chi connectivity index (χ0) is 20.2. The minimum atomic E-state index is -0.566. The lowest BCUT2D eigenvalue weighted by Crippen LogP contribution is -2.14. The van der Waals surface area contributed by atoms with Gasteiger partial charge in [-0.25, -0.2) is 0 Å². The number of carbonyl (C=O) groups excluding carboxylic acids is 1. The summed E-state index contributed by atoms with van der Waals surface area (Å²) < 4.78 is 0. The van der Waals surface area contributed by atoms with E-state index in [9.17, 15) is 14.9 Å². The van der Waals surface area contributed by atoms with Crippen molar-refractivity contribution in [2.24, 2.45) is 0 Å². The highest BCUT2D eigenvalue weighted by Crippen LogP contribution is 2.23. The van der Waals surface area contributed by atoms with Crippen LogP contribution in [0.5, 0.6) is 0 Å². The fourth-order valence-electron chi connectivity index (χ4n) is 3.05. The molecule has 29 heavy (non-hydrogen) atoms. The molecule has 0 saturated heterocycles. The number of nitrogens with zero attached hydrogens (tertiary/aromatic N) is 2. The van der Waals surface area contributed by atoms with Crippen LogP contribution in [0.15, 0.2) is 72.8 Å². The van der Waals surface area contributed by atoms with E-state index in [-0.39, 0.29) is 11.3 Å². The number of anilines is 1. The number of nitro benzene ring substituents is 1. The maximum absolute atomic E-state index is 12.6. The second kappa shape index (κ2) is 7.77. The molecule has 0 aliphatic heterocycles. The molecule has 4 rings (SSSR count). The summed E-state index contributed by atoms with van der Waals surface area (Å²) in [4.78, 5) is 23.3. The van der Waals surface area contributed by atoms with Gasteiger partial charge in [0.25, 0.3) is 11.6 Å². The van der Waals surface area contributed by atoms with Crippen LogP contribution in [0.25, 0.3) is 23.1 Å². The molecule has 2 N–H and O–H groups in total. The number of H-pyrrole nitrogens is 1. The normalized spacial score (nSPS) is 11.0. The van der Waals surface area contributed by atoms with E-state index in [1.54, 1.807) is 18.2 Å². The highest BCUT2D eigenvalue weighted by atomic mass is 16.6. The smallest absolute Gasteiger partial charge is 0.282 e. The summed E-state index contributed by atoms with van der Waals surface area (Å²) in [7, 11) is 0. The predicted octanol–water partition coefficient (Wildman–Crippen LogP) is 4.89. The molecule has 7 nitrogen and oxygen atoms in total. The number of carbonyl (C=O) groups is 1. The van der Waals surface area contributed by atoms with Crippen LogP contribution in [0.4, 0.5) is 11.4 Å². The maximum atomic E-state index is 12.6. The van der Waals surface area contributed by atoms with E-state index in [1.807, 2.05) is 48.6 Å². The van der Waals surface area contributed by atoms with Gasteiger partial charge in [0.05, 0.1) is 16.1 Å². The summed E-state index contributed by atoms with van der Waals surface area (Å²) in [6, 6.07) is 20.9. The Hall–Kier alpha value is -4.26. The molecule has 0 aliphatic rings. The first-order chi connectivity index (χ1) is 14.1. The van der Waals surface area contributed by atoms with E-state index < -0.39 is 10.8 Å². The Morgan fingerprint density at radius 2 is 1.69 bits per heavy atom. The van der Waals surface area contributed by atoms with Crippen molar-refractivity contribution in [1.82, 2.24) is 10.2 Å². The van der Waals surface area contributed by atoms with E-state index in [0.29, 0.717) is 5.69 Å². The molecule has 0 saturated carbocycles. The van der Waals surface area contributed by atoms with Gasteiger partial charge < -0.3 is 5.32 Å². The van der Waals surface area contributed by atoms with Crippen LogP contribution < -0.4 is 5.32 Å². The summed E-state index contributed by atoms with van der Waals surface area (Å²) in [5, 5.41) is 22.2. The zero-order valence-electron chi connectivity index (χ0n) is 15.2. The third-order valence-electron chi connectivity index (χ3n) is 4.47. The molecule has 4 aromatic rings. The number of fused-ring (bicyclic) bond motifs is 1. The molecule has 0 radical (unpaired) electrons. The van der Waals surface area contributed by atoms with Crippen molar-refractivity contribution in [3.8, 4) is 0 Å². The number of aromatic amines is 1. The third-order valence-corrected chi connectivity index (χ3v) is 4.47. The second-order valence-electron chi connectivity index (χ2n) is 6.30. The first-order valence-electron chi connectivity index (χ1n) is 8.88. The lowest BCUT2D eigenvalue weighted by molar-refractivity contribution is -0.385. The average molecular weight is 384 g/mol. The molecule has 0 spiro atoms. The van der Waals surface area contributed by atoms with Crippen molar-refractivity contribution in [2.45, 2.75) is 0 Å². The summed E-state index contributed by atoms with van der Waals surface area (Å²) in [5.74, 6) is -0.539. The van der Waals surface area contributed by atoms with Crippen molar-refractivity contribution < 1.29 is 9.72 Å². The molecule has 3 aromatic carbocycles. The highest BCUT2D eigenvalue weighted by molar-refractivity contribution is 6.08. The summed E-state index contributed by atoms with van der Waals surface area (Å²) in [6.07, 6.45) is 3.70. The van der Waals surface area contributed by atoms with Crippen LogP contribution in [-0.4, -0.2) is 21.0 Å². The van der Waals surface area contributed by atoms with Crippen molar-refractivity contribution in [2.75, 3.05) is 5.32 Å². The number of hydrogen-bond donors (Lipinski definition) is 2. The Morgan fingerprint density at radius 3 is 2.55 bits per heavy atom. The summed E-state index contributed by atoms with van der Waals surface area (Å²) >= 11 is 0. The highest BCUT2D eigenvalue weighted by Gasteiger charge is 2.19. The number of hydrogen-bond acceptors (Lipinski definition) is 4. The van der Waals surface area contributed by atoms with Crippen LogP contribution in [-0.2, 0) is 0 Å². The van der Waals surface area contributed by atoms with Crippen LogP contribution in [0, 0.1) is 10.1 Å². The quantitative estimate of drug-likeness (QED) is 0.378. The lowest BCUT2D eigenvalue weighted by Gasteiger charge is -2.09. The van der Waals surface area contributed by atoms with Gasteiger partial charge in [0.15, 0.2) is 0 Å². The van der Waals surface area contributed by atoms with E-state index >= 15 is 0 Å². The Bertz CT molecular complexity index is 1240. The van der Waals surface area contributed by atoms with Crippen LogP contribution in [0.3, 0.4) is 0 Å². The Kier molecular flexibility index (Phi) is 4.86. The number of benzene rings is 3. The first kappa shape index (κ1) is 18.1. The molecule has 0 atom stereocenters. The fourth-order valence-corrected chi connectivity index (χ4v) is 3.05. The molecule has 1 amide bonds. The molecule has 1 aromatic heterocycles. The minimum Gasteiger partial charge on any atom is -0.321 e. The standard InChI is InChI=1S/C22H16N4O3/c27-22(17-9-3-6-12-21(17)26(28)29)23-18-10-4-1-7-15(18)13-14-20-16-8-2-5-11-19(16)24-25-20/h1-14H,(H,23,27)(H,24,25). The van der Waals surface area contributed by atoms with Gasteiger partial charge in [-0.05, 0) is 29.8 Å². The maximum Gasteiger partial charge on any atom is 0.282 e. The number of amides is 1. The number of nitro groups is 1. The average Bonchev–Trinajstić information content (AvgIpc) is 3.16. The minimum absolute atomic E-state index is 0.00887. The summed E-state index contributed by atoms with van der Waals surface area (Å²) in [6.45, 7) is 0. The Morgan fingerprint density at radius 1 is 0.966 bits per heavy atom. The van der Waals surface area contributed by atoms with Crippen molar-refractivity contribution in [1.29, 1.82) is 0 Å². The number of nitrogens with one attached hydrogen (secondary N) is 2. The van der Waals surface area contributed by atoms with E-state index in [2.05, 4.69) is 15.5 Å². The van der Waals surface area contributed by atoms with Gasteiger partial charge >= 0.3 is 0 Å². The third kappa shape index (κ3) is 3.74. The first-order valence-corrected chi connectivity index (χ1v) is 8.88. The van der Waals surface area contributed by atoms with Gasteiger partial charge in [0, 0.05) is 17.1 Å². The van der Waals surface area contributed by atoms with Gasteiger partial charge in [-0.1, -0.05) is 54.6 Å². The Balaban J connectivity index is 1.62. The lowest BCUT2D eigenvalue weighted by atomic mass is 10.1. The van der Waals surface area contributed by atoms with Gasteiger partial charge in [-0.3, -0.25) is 20.0 Å². The molecular formula is C22H16N4O3. The zero-order valence-corrected chi connectivity index (χ0v) is 15.2. The molecule has 7 heteroatoms. The predicted molar refractivity (Wildman–Crippen MR) is 113 cm³/mol. The van der Waals surface area contributed by atoms with Gasteiger partial charge in [0.1, 0.15) is 5.56 Å². The van der Waals surface area contributed by atoms with Gasteiger partial charge in [-0.15, -0.1) is 0 Å². The largest absolute Gasteiger partial charge is 0.321 e. The fraction of sp³-hybridized carbons (Fsp3) is 0. The van der Waals surface area contributed by atoms with Crippen LogP contribution >= 0.6 is 0 Å². The molecule has 1 heterocycles. The van der Waals surface area contributed by atoms with E-state index in [4.69, 9.17) is 0 Å². The second-order valence-corrected chi connectivity index (χ2v) is 6.30. The van der Waals surface area contributed by atoms with Crippen molar-refractivity contribution >= 4 is 40.3 Å². The van der Waals surface area contributed by atoms with Crippen molar-refractivity contribution in [3.63, 3.8) is 0 Å². The van der Waals surface area contributed by atoms with Gasteiger partial charge in [0.2, 0.25) is 0 Å². The van der Waals surface area contributed by atoms with Crippen LogP contribution in [0.2, 0.25) is 0 Å². The molecule has 0 fully saturated rings.